The summed E-state index contributed by atoms with van der Waals surface area (Å²) in [5.74, 6) is 2.27. The molecule has 1 aliphatic rings. The number of hydrogen-bond acceptors (Lipinski definition) is 8. The molecule has 0 bridgehead atoms. The van der Waals surface area contributed by atoms with E-state index in [1.54, 1.807) is 13.1 Å². The van der Waals surface area contributed by atoms with Crippen molar-refractivity contribution in [3.63, 3.8) is 0 Å². The lowest BCUT2D eigenvalue weighted by molar-refractivity contribution is 0.122. The van der Waals surface area contributed by atoms with E-state index in [1.165, 1.54) is 0 Å². The Hall–Kier alpha value is -3.72. The van der Waals surface area contributed by atoms with E-state index in [2.05, 4.69) is 63.3 Å². The lowest BCUT2D eigenvalue weighted by Gasteiger charge is -2.32. The number of ether oxygens (including phenoxy) is 1. The summed E-state index contributed by atoms with van der Waals surface area (Å²) in [6.45, 7) is 9.14. The van der Waals surface area contributed by atoms with Gasteiger partial charge in [0.2, 0.25) is 5.95 Å². The summed E-state index contributed by atoms with van der Waals surface area (Å²) >= 11 is 0. The molecule has 9 heteroatoms. The van der Waals surface area contributed by atoms with E-state index in [0.717, 1.165) is 58.6 Å². The molecule has 4 rings (SSSR count). The van der Waals surface area contributed by atoms with Crippen molar-refractivity contribution in [3.05, 3.63) is 52.7 Å². The van der Waals surface area contributed by atoms with Gasteiger partial charge in [-0.1, -0.05) is 25.1 Å². The first-order chi connectivity index (χ1) is 16.9. The van der Waals surface area contributed by atoms with E-state index >= 15 is 0 Å². The van der Waals surface area contributed by atoms with E-state index in [0.29, 0.717) is 24.9 Å². The quantitative estimate of drug-likeness (QED) is 0.350. The molecule has 184 valence electrons. The molecule has 1 atom stereocenters. The third-order valence-corrected chi connectivity index (χ3v) is 6.29. The highest BCUT2D eigenvalue weighted by Crippen LogP contribution is 2.34. The van der Waals surface area contributed by atoms with Crippen LogP contribution in [0.3, 0.4) is 0 Å². The number of para-hydroxylation sites is 1. The maximum Gasteiger partial charge on any atom is 0.222 e. The Balaban J connectivity index is 1.81. The van der Waals surface area contributed by atoms with Crippen molar-refractivity contribution >= 4 is 40.4 Å². The van der Waals surface area contributed by atoms with Crippen molar-refractivity contribution < 1.29 is 4.74 Å². The number of rotatable bonds is 7. The topological polar surface area (TPSA) is 128 Å². The zero-order valence-electron chi connectivity index (χ0n) is 20.9. The van der Waals surface area contributed by atoms with Crippen LogP contribution >= 0.6 is 0 Å². The van der Waals surface area contributed by atoms with Gasteiger partial charge in [-0.3, -0.25) is 4.99 Å². The molecule has 1 fully saturated rings. The Morgan fingerprint density at radius 1 is 1.23 bits per heavy atom. The van der Waals surface area contributed by atoms with Crippen molar-refractivity contribution in [3.8, 4) is 0 Å². The monoisotopic (exact) mass is 474 g/mol. The predicted molar refractivity (Wildman–Crippen MR) is 144 cm³/mol. The van der Waals surface area contributed by atoms with Gasteiger partial charge in [0.15, 0.2) is 0 Å². The summed E-state index contributed by atoms with van der Waals surface area (Å²) in [7, 11) is 1.65. The Labute approximate surface area is 206 Å². The zero-order chi connectivity index (χ0) is 24.9. The second-order valence-electron chi connectivity index (χ2n) is 8.66. The number of nitrogens with one attached hydrogen (secondary N) is 1. The van der Waals surface area contributed by atoms with Crippen LogP contribution in [-0.2, 0) is 4.74 Å². The molecular formula is C26H34N8O. The highest BCUT2D eigenvalue weighted by atomic mass is 16.5. The van der Waals surface area contributed by atoms with Crippen LogP contribution in [0.4, 0.5) is 17.6 Å². The van der Waals surface area contributed by atoms with Gasteiger partial charge in [0.25, 0.3) is 0 Å². The van der Waals surface area contributed by atoms with E-state index in [4.69, 9.17) is 21.2 Å². The number of nitrogens with two attached hydrogens (primary N) is 2. The molecule has 3 aromatic rings. The SMILES string of the molecule is CCC(Nc1nc(N)nc(C)c1/C=C/C(N)=NC)c1cc2cccc(C)c2nc1N1CCOCC1. The van der Waals surface area contributed by atoms with Crippen LogP contribution in [0.25, 0.3) is 17.0 Å². The summed E-state index contributed by atoms with van der Waals surface area (Å²) in [6.07, 6.45) is 4.44. The van der Waals surface area contributed by atoms with E-state index < -0.39 is 0 Å². The fraction of sp³-hybridized carbons (Fsp3) is 0.385. The molecule has 1 unspecified atom stereocenters. The van der Waals surface area contributed by atoms with Crippen molar-refractivity contribution in [1.29, 1.82) is 0 Å². The van der Waals surface area contributed by atoms with Crippen molar-refractivity contribution in [1.82, 2.24) is 15.0 Å². The smallest absolute Gasteiger partial charge is 0.222 e. The first-order valence-corrected chi connectivity index (χ1v) is 11.9. The molecular weight excluding hydrogens is 440 g/mol. The normalized spacial score (nSPS) is 15.7. The molecule has 5 N–H and O–H groups in total. The Kier molecular flexibility index (Phi) is 7.45. The molecule has 1 saturated heterocycles. The second-order valence-corrected chi connectivity index (χ2v) is 8.66. The molecule has 0 spiro atoms. The van der Waals surface area contributed by atoms with Gasteiger partial charge in [0.05, 0.1) is 30.5 Å². The Morgan fingerprint density at radius 3 is 2.71 bits per heavy atom. The average molecular weight is 475 g/mol. The fourth-order valence-corrected chi connectivity index (χ4v) is 4.36. The summed E-state index contributed by atoms with van der Waals surface area (Å²) in [4.78, 5) is 20.4. The molecule has 1 aliphatic heterocycles. The molecule has 1 aromatic carbocycles. The first-order valence-electron chi connectivity index (χ1n) is 11.9. The number of pyridine rings is 1. The van der Waals surface area contributed by atoms with Crippen molar-refractivity contribution in [2.75, 3.05) is 49.3 Å². The van der Waals surface area contributed by atoms with Gasteiger partial charge in [-0.2, -0.15) is 4.98 Å². The highest BCUT2D eigenvalue weighted by molar-refractivity contribution is 5.95. The van der Waals surface area contributed by atoms with Crippen LogP contribution in [0.1, 0.15) is 41.8 Å². The summed E-state index contributed by atoms with van der Waals surface area (Å²) < 4.78 is 5.61. The van der Waals surface area contributed by atoms with Crippen LogP contribution in [-0.4, -0.2) is 54.1 Å². The van der Waals surface area contributed by atoms with E-state index in [-0.39, 0.29) is 12.0 Å². The number of nitrogen functional groups attached to an aromatic ring is 1. The first kappa shape index (κ1) is 24.4. The molecule has 35 heavy (non-hydrogen) atoms. The average Bonchev–Trinajstić information content (AvgIpc) is 2.86. The number of hydrogen-bond donors (Lipinski definition) is 3. The number of anilines is 3. The molecule has 3 heterocycles. The number of nitrogens with zero attached hydrogens (tertiary/aromatic N) is 5. The minimum atomic E-state index is -0.0525. The predicted octanol–water partition coefficient (Wildman–Crippen LogP) is 3.62. The van der Waals surface area contributed by atoms with Gasteiger partial charge in [-0.05, 0) is 44.1 Å². The number of aryl methyl sites for hydroxylation is 2. The molecule has 2 aromatic heterocycles. The number of aromatic nitrogens is 3. The molecule has 0 aliphatic carbocycles. The number of morpholine rings is 1. The maximum absolute atomic E-state index is 6.03. The van der Waals surface area contributed by atoms with Crippen molar-refractivity contribution in [2.45, 2.75) is 33.2 Å². The largest absolute Gasteiger partial charge is 0.384 e. The summed E-state index contributed by atoms with van der Waals surface area (Å²) in [5.41, 5.74) is 16.8. The van der Waals surface area contributed by atoms with Gasteiger partial charge in [0.1, 0.15) is 17.5 Å². The summed E-state index contributed by atoms with van der Waals surface area (Å²) in [6, 6.07) is 8.48. The van der Waals surface area contributed by atoms with Gasteiger partial charge >= 0.3 is 0 Å². The van der Waals surface area contributed by atoms with Gasteiger partial charge in [0, 0.05) is 36.7 Å². The van der Waals surface area contributed by atoms with Crippen LogP contribution in [0.5, 0.6) is 0 Å². The maximum atomic E-state index is 6.03. The van der Waals surface area contributed by atoms with Gasteiger partial charge < -0.3 is 26.4 Å². The molecule has 0 saturated carbocycles. The number of aliphatic imine (C=N–C) groups is 1. The van der Waals surface area contributed by atoms with Crippen LogP contribution in [0.15, 0.2) is 35.3 Å². The zero-order valence-corrected chi connectivity index (χ0v) is 20.9. The number of fused-ring (bicyclic) bond motifs is 1. The second kappa shape index (κ2) is 10.7. The fourth-order valence-electron chi connectivity index (χ4n) is 4.36. The highest BCUT2D eigenvalue weighted by Gasteiger charge is 2.24. The molecule has 9 nitrogen and oxygen atoms in total. The molecule has 0 radical (unpaired) electrons. The molecule has 0 amide bonds. The van der Waals surface area contributed by atoms with Gasteiger partial charge in [-0.25, -0.2) is 9.97 Å². The van der Waals surface area contributed by atoms with Crippen LogP contribution < -0.4 is 21.7 Å². The Bertz CT molecular complexity index is 1260. The van der Waals surface area contributed by atoms with Gasteiger partial charge in [-0.15, -0.1) is 0 Å². The lowest BCUT2D eigenvalue weighted by Crippen LogP contribution is -2.38. The van der Waals surface area contributed by atoms with E-state index in [1.807, 2.05) is 13.0 Å². The summed E-state index contributed by atoms with van der Waals surface area (Å²) in [5, 5.41) is 4.75. The van der Waals surface area contributed by atoms with Crippen LogP contribution in [0.2, 0.25) is 0 Å². The van der Waals surface area contributed by atoms with Crippen molar-refractivity contribution in [2.24, 2.45) is 10.7 Å². The number of benzene rings is 1. The Morgan fingerprint density at radius 2 is 2.00 bits per heavy atom. The minimum absolute atomic E-state index is 0.0525. The standard InChI is InChI=1S/C26H34N8O/c1-5-21(31-24-19(9-10-22(27)29-4)17(3)30-26(28)33-24)20-15-18-8-6-7-16(2)23(18)32-25(20)34-11-13-35-14-12-34/h6-10,15,21H,5,11-14H2,1-4H3,(H2,27,29)(H3,28,30,31,33)/b10-9+. The minimum Gasteiger partial charge on any atom is -0.384 e. The lowest BCUT2D eigenvalue weighted by atomic mass is 10.00. The number of amidine groups is 1. The third kappa shape index (κ3) is 5.35. The van der Waals surface area contributed by atoms with E-state index in [9.17, 15) is 0 Å². The third-order valence-electron chi connectivity index (χ3n) is 6.29. The van der Waals surface area contributed by atoms with Crippen LogP contribution in [0, 0.1) is 13.8 Å².